The molecule has 2 heterocycles. The van der Waals surface area contributed by atoms with E-state index in [9.17, 15) is 14.7 Å². The molecule has 1 fully saturated rings. The minimum atomic E-state index is -0.913. The fraction of sp³-hybridized carbons (Fsp3) is 0.238. The molecule has 7 nitrogen and oxygen atoms in total. The largest absolute Gasteiger partial charge is 0.481 e. The summed E-state index contributed by atoms with van der Waals surface area (Å²) in [5.41, 5.74) is 0.745. The Kier molecular flexibility index (Phi) is 4.28. The monoisotopic (exact) mass is 407 g/mol. The number of aromatic nitrogens is 2. The average molecular weight is 407 g/mol. The van der Waals surface area contributed by atoms with Crippen LogP contribution in [-0.2, 0) is 9.59 Å². The van der Waals surface area contributed by atoms with E-state index in [0.717, 1.165) is 16.6 Å². The van der Waals surface area contributed by atoms with E-state index in [1.54, 1.807) is 24.5 Å². The fourth-order valence-electron chi connectivity index (χ4n) is 4.27. The van der Waals surface area contributed by atoms with Gasteiger partial charge in [0.1, 0.15) is 11.5 Å². The predicted octanol–water partition coefficient (Wildman–Crippen LogP) is 3.95. The second kappa shape index (κ2) is 6.97. The summed E-state index contributed by atoms with van der Waals surface area (Å²) in [6.07, 6.45) is 7.93. The van der Waals surface area contributed by atoms with Gasteiger partial charge in [0, 0.05) is 18.5 Å². The van der Waals surface area contributed by atoms with Crippen molar-refractivity contribution >= 4 is 38.6 Å². The summed E-state index contributed by atoms with van der Waals surface area (Å²) in [4.78, 5) is 32.9. The minimum Gasteiger partial charge on any atom is -0.481 e. The number of hydrogen-bond acceptors (Lipinski definition) is 6. The molecule has 2 bridgehead atoms. The number of carbonyl (C=O) groups is 2. The maximum absolute atomic E-state index is 12.8. The third-order valence-electron chi connectivity index (χ3n) is 5.52. The van der Waals surface area contributed by atoms with Gasteiger partial charge in [0.05, 0.1) is 22.1 Å². The van der Waals surface area contributed by atoms with E-state index in [2.05, 4.69) is 15.3 Å². The van der Waals surface area contributed by atoms with Gasteiger partial charge in [-0.1, -0.05) is 23.5 Å². The third kappa shape index (κ3) is 3.25. The summed E-state index contributed by atoms with van der Waals surface area (Å²) in [6.45, 7) is 0. The SMILES string of the molecule is O=C(O)C1C2C=CC(C2)C1C(=O)Nc1nc2ccc(Oc3ccncc3)cc2s1. The van der Waals surface area contributed by atoms with Crippen LogP contribution in [0.2, 0.25) is 0 Å². The van der Waals surface area contributed by atoms with Crippen LogP contribution in [0.15, 0.2) is 54.9 Å². The van der Waals surface area contributed by atoms with Crippen LogP contribution in [-0.4, -0.2) is 27.0 Å². The molecule has 0 aliphatic heterocycles. The number of nitrogens with one attached hydrogen (secondary N) is 1. The van der Waals surface area contributed by atoms with E-state index in [0.29, 0.717) is 16.6 Å². The second-order valence-electron chi connectivity index (χ2n) is 7.26. The molecule has 2 aliphatic carbocycles. The number of fused-ring (bicyclic) bond motifs is 3. The van der Waals surface area contributed by atoms with Crippen LogP contribution in [0.3, 0.4) is 0 Å². The van der Waals surface area contributed by atoms with Crippen molar-refractivity contribution in [1.29, 1.82) is 0 Å². The molecule has 0 radical (unpaired) electrons. The van der Waals surface area contributed by atoms with Crippen molar-refractivity contribution in [2.24, 2.45) is 23.7 Å². The molecule has 0 saturated heterocycles. The van der Waals surface area contributed by atoms with Crippen LogP contribution < -0.4 is 10.1 Å². The maximum Gasteiger partial charge on any atom is 0.307 e. The molecule has 1 amide bonds. The number of carbonyl (C=O) groups excluding carboxylic acids is 1. The van der Waals surface area contributed by atoms with E-state index in [1.165, 1.54) is 11.3 Å². The lowest BCUT2D eigenvalue weighted by atomic mass is 9.82. The van der Waals surface area contributed by atoms with Gasteiger partial charge in [0.15, 0.2) is 5.13 Å². The molecule has 29 heavy (non-hydrogen) atoms. The number of pyridine rings is 1. The number of carboxylic acids is 1. The number of thiazole rings is 1. The summed E-state index contributed by atoms with van der Waals surface area (Å²) in [6, 6.07) is 9.05. The molecule has 146 valence electrons. The first-order valence-electron chi connectivity index (χ1n) is 9.29. The summed E-state index contributed by atoms with van der Waals surface area (Å²) < 4.78 is 6.68. The van der Waals surface area contributed by atoms with E-state index >= 15 is 0 Å². The Bertz CT molecular complexity index is 1130. The Hall–Kier alpha value is -3.26. The number of rotatable bonds is 5. The van der Waals surface area contributed by atoms with Crippen LogP contribution >= 0.6 is 11.3 Å². The standard InChI is InChI=1S/C21H17N3O4S/c25-19(17-11-1-2-12(9-11)18(17)20(26)27)24-21-23-15-4-3-14(10-16(15)29-21)28-13-5-7-22-8-6-13/h1-8,10-12,17-18H,9H2,(H,26,27)(H,23,24,25). The van der Waals surface area contributed by atoms with Gasteiger partial charge in [-0.15, -0.1) is 0 Å². The van der Waals surface area contributed by atoms with Crippen molar-refractivity contribution in [2.45, 2.75) is 6.42 Å². The van der Waals surface area contributed by atoms with Gasteiger partial charge in [-0.05, 0) is 42.5 Å². The average Bonchev–Trinajstić information content (AvgIpc) is 3.42. The van der Waals surface area contributed by atoms with E-state index < -0.39 is 17.8 Å². The van der Waals surface area contributed by atoms with Crippen LogP contribution in [0.1, 0.15) is 6.42 Å². The van der Waals surface area contributed by atoms with E-state index in [1.807, 2.05) is 30.4 Å². The maximum atomic E-state index is 12.8. The molecule has 8 heteroatoms. The summed E-state index contributed by atoms with van der Waals surface area (Å²) >= 11 is 1.34. The lowest BCUT2D eigenvalue weighted by molar-refractivity contribution is -0.146. The van der Waals surface area contributed by atoms with Crippen molar-refractivity contribution in [3.63, 3.8) is 0 Å². The molecule has 2 aromatic heterocycles. The van der Waals surface area contributed by atoms with Gasteiger partial charge in [-0.25, -0.2) is 4.98 Å². The lowest BCUT2D eigenvalue weighted by Gasteiger charge is -2.23. The van der Waals surface area contributed by atoms with Crippen molar-refractivity contribution in [1.82, 2.24) is 9.97 Å². The van der Waals surface area contributed by atoms with Gasteiger partial charge in [-0.2, -0.15) is 0 Å². The zero-order valence-corrected chi connectivity index (χ0v) is 16.0. The van der Waals surface area contributed by atoms with Gasteiger partial charge in [0.25, 0.3) is 0 Å². The van der Waals surface area contributed by atoms with Gasteiger partial charge in [0.2, 0.25) is 5.91 Å². The molecule has 2 aliphatic rings. The van der Waals surface area contributed by atoms with E-state index in [-0.39, 0.29) is 17.7 Å². The predicted molar refractivity (Wildman–Crippen MR) is 108 cm³/mol. The number of ether oxygens (including phenoxy) is 1. The number of allylic oxidation sites excluding steroid dienone is 2. The first kappa shape index (κ1) is 17.8. The molecular weight excluding hydrogens is 390 g/mol. The Balaban J connectivity index is 1.35. The number of carboxylic acid groups (broad SMARTS) is 1. The number of aliphatic carboxylic acids is 1. The molecule has 1 aromatic carbocycles. The van der Waals surface area contributed by atoms with Crippen LogP contribution in [0, 0.1) is 23.7 Å². The lowest BCUT2D eigenvalue weighted by Crippen LogP contribution is -2.36. The number of anilines is 1. The Morgan fingerprint density at radius 2 is 1.83 bits per heavy atom. The quantitative estimate of drug-likeness (QED) is 0.621. The van der Waals surface area contributed by atoms with Gasteiger partial charge < -0.3 is 15.2 Å². The van der Waals surface area contributed by atoms with Crippen LogP contribution in [0.4, 0.5) is 5.13 Å². The minimum absolute atomic E-state index is 0.0177. The van der Waals surface area contributed by atoms with Crippen molar-refractivity contribution in [3.8, 4) is 11.5 Å². The Morgan fingerprint density at radius 1 is 1.07 bits per heavy atom. The van der Waals surface area contributed by atoms with Gasteiger partial charge >= 0.3 is 5.97 Å². The normalized spacial score (nSPS) is 24.7. The second-order valence-corrected chi connectivity index (χ2v) is 8.29. The Labute approximate surface area is 170 Å². The van der Waals surface area contributed by atoms with Gasteiger partial charge in [-0.3, -0.25) is 14.6 Å². The van der Waals surface area contributed by atoms with Crippen molar-refractivity contribution in [3.05, 3.63) is 54.9 Å². The third-order valence-corrected chi connectivity index (χ3v) is 6.46. The zero-order chi connectivity index (χ0) is 20.0. The molecule has 5 rings (SSSR count). The Morgan fingerprint density at radius 3 is 2.59 bits per heavy atom. The zero-order valence-electron chi connectivity index (χ0n) is 15.2. The highest BCUT2D eigenvalue weighted by atomic mass is 32.1. The molecule has 1 saturated carbocycles. The highest BCUT2D eigenvalue weighted by Crippen LogP contribution is 2.48. The number of amides is 1. The molecule has 3 aromatic rings. The molecule has 0 spiro atoms. The van der Waals surface area contributed by atoms with Crippen LogP contribution in [0.5, 0.6) is 11.5 Å². The summed E-state index contributed by atoms with van der Waals surface area (Å²) in [5, 5.41) is 12.8. The smallest absolute Gasteiger partial charge is 0.307 e. The fourth-order valence-corrected chi connectivity index (χ4v) is 5.17. The number of nitrogens with zero attached hydrogens (tertiary/aromatic N) is 2. The summed E-state index contributed by atoms with van der Waals surface area (Å²) in [7, 11) is 0. The molecule has 2 N–H and O–H groups in total. The highest BCUT2D eigenvalue weighted by molar-refractivity contribution is 7.22. The highest BCUT2D eigenvalue weighted by Gasteiger charge is 2.51. The number of hydrogen-bond donors (Lipinski definition) is 2. The van der Waals surface area contributed by atoms with E-state index in [4.69, 9.17) is 4.74 Å². The van der Waals surface area contributed by atoms with Crippen molar-refractivity contribution in [2.75, 3.05) is 5.32 Å². The molecular formula is C21H17N3O4S. The first-order valence-corrected chi connectivity index (χ1v) is 10.1. The molecule has 4 atom stereocenters. The van der Waals surface area contributed by atoms with Crippen molar-refractivity contribution < 1.29 is 19.4 Å². The first-order chi connectivity index (χ1) is 14.1. The topological polar surface area (TPSA) is 101 Å². The number of benzene rings is 1. The van der Waals surface area contributed by atoms with Crippen LogP contribution in [0.25, 0.3) is 10.2 Å². The molecule has 4 unspecified atom stereocenters. The summed E-state index contributed by atoms with van der Waals surface area (Å²) in [5.74, 6) is -1.14.